The molecule has 0 fully saturated rings. The molecule has 96 valence electrons. The molecule has 1 aromatic heterocycles. The van der Waals surface area contributed by atoms with Crippen LogP contribution >= 0.6 is 0 Å². The Bertz CT molecular complexity index is 654. The van der Waals surface area contributed by atoms with Crippen LogP contribution in [0.15, 0.2) is 36.5 Å². The van der Waals surface area contributed by atoms with E-state index in [1.54, 1.807) is 6.20 Å². The predicted octanol–water partition coefficient (Wildman–Crippen LogP) is 2.06. The SMILES string of the molecule is Cc1ccnc(N2CC(=O)Nc3ccccc32)c1N. The molecule has 0 atom stereocenters. The number of benzene rings is 1. The lowest BCUT2D eigenvalue weighted by Crippen LogP contribution is -2.35. The number of hydrogen-bond donors (Lipinski definition) is 2. The summed E-state index contributed by atoms with van der Waals surface area (Å²) in [6, 6.07) is 9.48. The molecule has 2 aromatic rings. The molecule has 0 radical (unpaired) electrons. The lowest BCUT2D eigenvalue weighted by Gasteiger charge is -2.30. The first-order valence-electron chi connectivity index (χ1n) is 6.04. The molecular weight excluding hydrogens is 240 g/mol. The van der Waals surface area contributed by atoms with Gasteiger partial charge in [-0.15, -0.1) is 0 Å². The average molecular weight is 254 g/mol. The summed E-state index contributed by atoms with van der Waals surface area (Å²) in [5, 5.41) is 2.84. The fourth-order valence-electron chi connectivity index (χ4n) is 2.19. The molecule has 0 unspecified atom stereocenters. The number of rotatable bonds is 1. The van der Waals surface area contributed by atoms with Gasteiger partial charge in [0, 0.05) is 6.20 Å². The van der Waals surface area contributed by atoms with E-state index in [-0.39, 0.29) is 12.5 Å². The zero-order valence-corrected chi connectivity index (χ0v) is 10.6. The first kappa shape index (κ1) is 11.5. The molecule has 1 amide bonds. The quantitative estimate of drug-likeness (QED) is 0.817. The number of carbonyl (C=O) groups excluding carboxylic acids is 1. The molecule has 0 bridgehead atoms. The molecule has 0 saturated carbocycles. The number of pyridine rings is 1. The number of fused-ring (bicyclic) bond motifs is 1. The Morgan fingerprint density at radius 1 is 1.32 bits per heavy atom. The normalized spacial score (nSPS) is 13.9. The summed E-state index contributed by atoms with van der Waals surface area (Å²) in [6.45, 7) is 2.15. The lowest BCUT2D eigenvalue weighted by molar-refractivity contribution is -0.115. The zero-order chi connectivity index (χ0) is 13.4. The highest BCUT2D eigenvalue weighted by atomic mass is 16.2. The number of amides is 1. The minimum absolute atomic E-state index is 0.0681. The van der Waals surface area contributed by atoms with E-state index < -0.39 is 0 Å². The standard InChI is InChI=1S/C14H14N4O/c1-9-6-7-16-14(13(9)15)18-8-12(19)17-10-4-2-3-5-11(10)18/h2-7H,8,15H2,1H3,(H,17,19). The second kappa shape index (κ2) is 4.28. The highest BCUT2D eigenvalue weighted by molar-refractivity contribution is 6.03. The number of nitrogens with one attached hydrogen (secondary N) is 1. The average Bonchev–Trinajstić information content (AvgIpc) is 2.41. The summed E-state index contributed by atoms with van der Waals surface area (Å²) in [5.74, 6) is 0.559. The van der Waals surface area contributed by atoms with E-state index in [1.165, 1.54) is 0 Å². The van der Waals surface area contributed by atoms with Crippen molar-refractivity contribution in [1.29, 1.82) is 0 Å². The molecule has 5 heteroatoms. The van der Waals surface area contributed by atoms with Gasteiger partial charge in [0.25, 0.3) is 0 Å². The zero-order valence-electron chi connectivity index (χ0n) is 10.6. The molecule has 2 heterocycles. The van der Waals surface area contributed by atoms with E-state index in [1.807, 2.05) is 42.2 Å². The van der Waals surface area contributed by atoms with Gasteiger partial charge in [-0.2, -0.15) is 0 Å². The maximum atomic E-state index is 11.8. The third-order valence-electron chi connectivity index (χ3n) is 3.21. The van der Waals surface area contributed by atoms with Gasteiger partial charge in [-0.3, -0.25) is 4.79 Å². The monoisotopic (exact) mass is 254 g/mol. The van der Waals surface area contributed by atoms with Gasteiger partial charge in [0.1, 0.15) is 6.54 Å². The maximum absolute atomic E-state index is 11.8. The highest BCUT2D eigenvalue weighted by Gasteiger charge is 2.25. The van der Waals surface area contributed by atoms with E-state index in [9.17, 15) is 4.79 Å². The van der Waals surface area contributed by atoms with Crippen LogP contribution in [0, 0.1) is 6.92 Å². The van der Waals surface area contributed by atoms with Crippen molar-refractivity contribution >= 4 is 28.8 Å². The third kappa shape index (κ3) is 1.89. The molecule has 0 aliphatic carbocycles. The number of para-hydroxylation sites is 2. The number of carbonyl (C=O) groups is 1. The summed E-state index contributed by atoms with van der Waals surface area (Å²) in [6.07, 6.45) is 1.70. The van der Waals surface area contributed by atoms with Crippen molar-refractivity contribution in [3.05, 3.63) is 42.1 Å². The Morgan fingerprint density at radius 2 is 2.11 bits per heavy atom. The second-order valence-electron chi connectivity index (χ2n) is 4.52. The van der Waals surface area contributed by atoms with Crippen molar-refractivity contribution in [2.45, 2.75) is 6.92 Å². The van der Waals surface area contributed by atoms with Crippen molar-refractivity contribution in [3.8, 4) is 0 Å². The van der Waals surface area contributed by atoms with Crippen LogP contribution in [0.25, 0.3) is 0 Å². The Labute approximate surface area is 111 Å². The lowest BCUT2D eigenvalue weighted by atomic mass is 10.1. The molecule has 1 aliphatic heterocycles. The van der Waals surface area contributed by atoms with Crippen LogP contribution in [0.3, 0.4) is 0 Å². The minimum Gasteiger partial charge on any atom is -0.396 e. The molecule has 3 rings (SSSR count). The van der Waals surface area contributed by atoms with Gasteiger partial charge >= 0.3 is 0 Å². The van der Waals surface area contributed by atoms with Crippen LogP contribution in [-0.2, 0) is 4.79 Å². The summed E-state index contributed by atoms with van der Waals surface area (Å²) in [4.78, 5) is 17.9. The van der Waals surface area contributed by atoms with Crippen LogP contribution in [0.4, 0.5) is 22.9 Å². The van der Waals surface area contributed by atoms with E-state index in [4.69, 9.17) is 5.73 Å². The van der Waals surface area contributed by atoms with Gasteiger partial charge in [-0.25, -0.2) is 4.98 Å². The number of aromatic nitrogens is 1. The third-order valence-corrected chi connectivity index (χ3v) is 3.21. The van der Waals surface area contributed by atoms with Crippen LogP contribution in [-0.4, -0.2) is 17.4 Å². The van der Waals surface area contributed by atoms with Crippen molar-refractivity contribution in [2.24, 2.45) is 0 Å². The minimum atomic E-state index is -0.0681. The number of hydrogen-bond acceptors (Lipinski definition) is 4. The number of nitrogen functional groups attached to an aromatic ring is 1. The summed E-state index contributed by atoms with van der Waals surface area (Å²) >= 11 is 0. The van der Waals surface area contributed by atoms with Crippen LogP contribution in [0.5, 0.6) is 0 Å². The van der Waals surface area contributed by atoms with E-state index in [0.717, 1.165) is 16.9 Å². The first-order chi connectivity index (χ1) is 9.16. The first-order valence-corrected chi connectivity index (χ1v) is 6.04. The largest absolute Gasteiger partial charge is 0.396 e. The number of anilines is 4. The Balaban J connectivity index is 2.15. The second-order valence-corrected chi connectivity index (χ2v) is 4.52. The molecule has 19 heavy (non-hydrogen) atoms. The van der Waals surface area contributed by atoms with Gasteiger partial charge in [0.15, 0.2) is 5.82 Å². The van der Waals surface area contributed by atoms with Crippen LogP contribution < -0.4 is 16.0 Å². The topological polar surface area (TPSA) is 71.2 Å². The summed E-state index contributed by atoms with van der Waals surface area (Å²) in [5.41, 5.74) is 9.32. The maximum Gasteiger partial charge on any atom is 0.244 e. The van der Waals surface area contributed by atoms with Gasteiger partial charge < -0.3 is 16.0 Å². The highest BCUT2D eigenvalue weighted by Crippen LogP contribution is 2.36. The van der Waals surface area contributed by atoms with Crippen molar-refractivity contribution in [2.75, 3.05) is 22.5 Å². The number of aryl methyl sites for hydroxylation is 1. The van der Waals surface area contributed by atoms with Crippen LogP contribution in [0.1, 0.15) is 5.56 Å². The van der Waals surface area contributed by atoms with E-state index in [0.29, 0.717) is 11.5 Å². The van der Waals surface area contributed by atoms with Gasteiger partial charge in [-0.05, 0) is 30.7 Å². The Hall–Kier alpha value is -2.56. The van der Waals surface area contributed by atoms with Crippen LogP contribution in [0.2, 0.25) is 0 Å². The smallest absolute Gasteiger partial charge is 0.244 e. The number of nitrogens with zero attached hydrogens (tertiary/aromatic N) is 2. The van der Waals surface area contributed by atoms with Gasteiger partial charge in [0.2, 0.25) is 5.91 Å². The molecule has 1 aliphatic rings. The molecule has 5 nitrogen and oxygen atoms in total. The fraction of sp³-hybridized carbons (Fsp3) is 0.143. The van der Waals surface area contributed by atoms with Gasteiger partial charge in [0.05, 0.1) is 17.1 Å². The molecule has 1 aromatic carbocycles. The fourth-order valence-corrected chi connectivity index (χ4v) is 2.19. The predicted molar refractivity (Wildman–Crippen MR) is 75.5 cm³/mol. The molecular formula is C14H14N4O. The summed E-state index contributed by atoms with van der Waals surface area (Å²) < 4.78 is 0. The van der Waals surface area contributed by atoms with Crippen molar-refractivity contribution in [1.82, 2.24) is 4.98 Å². The molecule has 0 saturated heterocycles. The van der Waals surface area contributed by atoms with E-state index >= 15 is 0 Å². The summed E-state index contributed by atoms with van der Waals surface area (Å²) in [7, 11) is 0. The molecule has 0 spiro atoms. The van der Waals surface area contributed by atoms with E-state index in [2.05, 4.69) is 10.3 Å². The number of nitrogens with two attached hydrogens (primary N) is 1. The van der Waals surface area contributed by atoms with Crippen molar-refractivity contribution in [3.63, 3.8) is 0 Å². The Kier molecular flexibility index (Phi) is 2.59. The van der Waals surface area contributed by atoms with Crippen molar-refractivity contribution < 1.29 is 4.79 Å². The van der Waals surface area contributed by atoms with Gasteiger partial charge in [-0.1, -0.05) is 12.1 Å². The molecule has 3 N–H and O–H groups in total. The Morgan fingerprint density at radius 3 is 2.95 bits per heavy atom.